The molecule has 20 heavy (non-hydrogen) atoms. The van der Waals surface area contributed by atoms with E-state index >= 15 is 0 Å². The molecule has 1 aliphatic rings. The zero-order valence-electron chi connectivity index (χ0n) is 11.7. The lowest BCUT2D eigenvalue weighted by molar-refractivity contribution is 0.398. The van der Waals surface area contributed by atoms with Gasteiger partial charge < -0.3 is 9.73 Å². The monoisotopic (exact) mass is 318 g/mol. The van der Waals surface area contributed by atoms with Gasteiger partial charge in [0.25, 0.3) is 10.0 Å². The number of hydrogen-bond acceptors (Lipinski definition) is 5. The summed E-state index contributed by atoms with van der Waals surface area (Å²) >= 11 is 1.94. The second kappa shape index (κ2) is 7.49. The van der Waals surface area contributed by atoms with Crippen LogP contribution in [0.1, 0.15) is 25.5 Å². The number of thioether (sulfide) groups is 1. The molecule has 0 atom stereocenters. The number of hydrogen-bond donors (Lipinski definition) is 2. The van der Waals surface area contributed by atoms with Gasteiger partial charge in [-0.25, -0.2) is 13.1 Å². The molecular formula is C13H22N2O3S2. The fourth-order valence-electron chi connectivity index (χ4n) is 2.10. The van der Waals surface area contributed by atoms with E-state index < -0.39 is 10.0 Å². The number of sulfonamides is 1. The first-order valence-corrected chi connectivity index (χ1v) is 9.62. The van der Waals surface area contributed by atoms with E-state index in [0.29, 0.717) is 24.8 Å². The molecule has 1 saturated heterocycles. The summed E-state index contributed by atoms with van der Waals surface area (Å²) in [4.78, 5) is 0. The first kappa shape index (κ1) is 15.9. The van der Waals surface area contributed by atoms with Crippen LogP contribution in [0.15, 0.2) is 21.6 Å². The maximum absolute atomic E-state index is 12.1. The maximum Gasteiger partial charge on any atom is 0.273 e. The Hall–Kier alpha value is -0.500. The molecule has 0 amide bonds. The average molecular weight is 318 g/mol. The zero-order valence-corrected chi connectivity index (χ0v) is 13.4. The standard InChI is InChI=1S/C13H22N2O3S2/c1-2-14-10-12-3-4-13(18-12)20(16,17)15-9-11-5-7-19-8-6-11/h3-4,11,14-15H,2,5-10H2,1H3. The van der Waals surface area contributed by atoms with Gasteiger partial charge in [-0.05, 0) is 48.9 Å². The van der Waals surface area contributed by atoms with Crippen molar-refractivity contribution in [3.8, 4) is 0 Å². The highest BCUT2D eigenvalue weighted by Gasteiger charge is 2.21. The van der Waals surface area contributed by atoms with Gasteiger partial charge in [-0.1, -0.05) is 6.92 Å². The Bertz CT molecular complexity index is 507. The van der Waals surface area contributed by atoms with Crippen LogP contribution in [-0.2, 0) is 16.6 Å². The summed E-state index contributed by atoms with van der Waals surface area (Å²) < 4.78 is 32.3. The minimum atomic E-state index is -3.52. The summed E-state index contributed by atoms with van der Waals surface area (Å²) in [5.74, 6) is 3.34. The number of nitrogens with one attached hydrogen (secondary N) is 2. The van der Waals surface area contributed by atoms with Gasteiger partial charge in [0.2, 0.25) is 5.09 Å². The van der Waals surface area contributed by atoms with E-state index in [-0.39, 0.29) is 5.09 Å². The number of furan rings is 1. The number of rotatable bonds is 7. The van der Waals surface area contributed by atoms with E-state index in [1.54, 1.807) is 6.07 Å². The molecule has 2 heterocycles. The average Bonchev–Trinajstić information content (AvgIpc) is 2.94. The highest BCUT2D eigenvalue weighted by atomic mass is 32.2. The van der Waals surface area contributed by atoms with E-state index in [1.165, 1.54) is 6.07 Å². The molecule has 2 rings (SSSR count). The molecule has 1 aromatic rings. The lowest BCUT2D eigenvalue weighted by atomic mass is 10.0. The van der Waals surface area contributed by atoms with E-state index in [4.69, 9.17) is 4.42 Å². The predicted molar refractivity (Wildman–Crippen MR) is 81.3 cm³/mol. The maximum atomic E-state index is 12.1. The van der Waals surface area contributed by atoms with Crippen LogP contribution in [0.2, 0.25) is 0 Å². The third-order valence-corrected chi connectivity index (χ3v) is 5.70. The largest absolute Gasteiger partial charge is 0.447 e. The van der Waals surface area contributed by atoms with Gasteiger partial charge >= 0.3 is 0 Å². The summed E-state index contributed by atoms with van der Waals surface area (Å²) in [7, 11) is -3.52. The Balaban J connectivity index is 1.90. The van der Waals surface area contributed by atoms with Crippen LogP contribution in [-0.4, -0.2) is 33.0 Å². The van der Waals surface area contributed by atoms with E-state index in [2.05, 4.69) is 10.0 Å². The van der Waals surface area contributed by atoms with Crippen molar-refractivity contribution in [1.29, 1.82) is 0 Å². The highest BCUT2D eigenvalue weighted by Crippen LogP contribution is 2.22. The van der Waals surface area contributed by atoms with Gasteiger partial charge in [0.05, 0.1) is 6.54 Å². The Kier molecular flexibility index (Phi) is 5.95. The van der Waals surface area contributed by atoms with Crippen LogP contribution in [0.4, 0.5) is 0 Å². The SMILES string of the molecule is CCNCc1ccc(S(=O)(=O)NCC2CCSCC2)o1. The van der Waals surface area contributed by atoms with E-state index in [1.807, 2.05) is 18.7 Å². The van der Waals surface area contributed by atoms with Crippen LogP contribution < -0.4 is 10.0 Å². The Morgan fingerprint density at radius 3 is 2.80 bits per heavy atom. The van der Waals surface area contributed by atoms with Crippen molar-refractivity contribution >= 4 is 21.8 Å². The van der Waals surface area contributed by atoms with Crippen LogP contribution >= 0.6 is 11.8 Å². The van der Waals surface area contributed by atoms with Crippen molar-refractivity contribution in [3.63, 3.8) is 0 Å². The molecule has 0 bridgehead atoms. The minimum Gasteiger partial charge on any atom is -0.447 e. The topological polar surface area (TPSA) is 71.3 Å². The van der Waals surface area contributed by atoms with Gasteiger partial charge in [-0.2, -0.15) is 11.8 Å². The molecule has 0 unspecified atom stereocenters. The summed E-state index contributed by atoms with van der Waals surface area (Å²) in [5, 5.41) is 3.11. The molecule has 0 aliphatic carbocycles. The molecular weight excluding hydrogens is 296 g/mol. The van der Waals surface area contributed by atoms with Crippen molar-refractivity contribution in [2.45, 2.75) is 31.4 Å². The summed E-state index contributed by atoms with van der Waals surface area (Å²) in [5.41, 5.74) is 0. The molecule has 0 spiro atoms. The van der Waals surface area contributed by atoms with Crippen LogP contribution in [0.25, 0.3) is 0 Å². The van der Waals surface area contributed by atoms with Gasteiger partial charge in [-0.3, -0.25) is 0 Å². The predicted octanol–water partition coefficient (Wildman–Crippen LogP) is 1.81. The molecule has 0 saturated carbocycles. The van der Waals surface area contributed by atoms with Crippen LogP contribution in [0.3, 0.4) is 0 Å². The molecule has 0 radical (unpaired) electrons. The summed E-state index contributed by atoms with van der Waals surface area (Å²) in [6.45, 7) is 3.86. The molecule has 1 aromatic heterocycles. The first-order valence-electron chi connectivity index (χ1n) is 6.98. The zero-order chi connectivity index (χ0) is 14.4. The van der Waals surface area contributed by atoms with Crippen LogP contribution in [0, 0.1) is 5.92 Å². The smallest absolute Gasteiger partial charge is 0.273 e. The van der Waals surface area contributed by atoms with E-state index in [9.17, 15) is 8.42 Å². The van der Waals surface area contributed by atoms with Gasteiger partial charge in [0, 0.05) is 6.54 Å². The van der Waals surface area contributed by atoms with Crippen molar-refractivity contribution in [3.05, 3.63) is 17.9 Å². The van der Waals surface area contributed by atoms with Crippen molar-refractivity contribution in [2.75, 3.05) is 24.6 Å². The van der Waals surface area contributed by atoms with Gasteiger partial charge in [0.15, 0.2) is 0 Å². The second-order valence-corrected chi connectivity index (χ2v) is 7.83. The van der Waals surface area contributed by atoms with Crippen molar-refractivity contribution in [2.24, 2.45) is 5.92 Å². The minimum absolute atomic E-state index is 0.00980. The normalized spacial score (nSPS) is 17.4. The fraction of sp³-hybridized carbons (Fsp3) is 0.692. The second-order valence-electron chi connectivity index (χ2n) is 4.91. The molecule has 114 valence electrons. The molecule has 2 N–H and O–H groups in total. The van der Waals surface area contributed by atoms with Crippen molar-refractivity contribution < 1.29 is 12.8 Å². The Labute approximate surface area is 124 Å². The third-order valence-electron chi connectivity index (χ3n) is 3.35. The lowest BCUT2D eigenvalue weighted by Crippen LogP contribution is -2.30. The highest BCUT2D eigenvalue weighted by molar-refractivity contribution is 7.99. The van der Waals surface area contributed by atoms with Crippen molar-refractivity contribution in [1.82, 2.24) is 10.0 Å². The molecule has 1 aliphatic heterocycles. The quantitative estimate of drug-likeness (QED) is 0.802. The fourth-order valence-corrected chi connectivity index (χ4v) is 4.36. The first-order chi connectivity index (χ1) is 9.62. The third kappa shape index (κ3) is 4.51. The molecule has 1 fully saturated rings. The molecule has 0 aromatic carbocycles. The van der Waals surface area contributed by atoms with Gasteiger partial charge in [-0.15, -0.1) is 0 Å². The lowest BCUT2D eigenvalue weighted by Gasteiger charge is -2.21. The Morgan fingerprint density at radius 2 is 2.10 bits per heavy atom. The Morgan fingerprint density at radius 1 is 1.35 bits per heavy atom. The van der Waals surface area contributed by atoms with Crippen LogP contribution in [0.5, 0.6) is 0 Å². The summed E-state index contributed by atoms with van der Waals surface area (Å²) in [6, 6.07) is 3.22. The molecule has 5 nitrogen and oxygen atoms in total. The van der Waals surface area contributed by atoms with E-state index in [0.717, 1.165) is 30.9 Å². The molecule has 7 heteroatoms. The summed E-state index contributed by atoms with van der Waals surface area (Å²) in [6.07, 6.45) is 2.16. The van der Waals surface area contributed by atoms with Gasteiger partial charge in [0.1, 0.15) is 5.76 Å².